The number of aromatic amines is 1. The van der Waals surface area contributed by atoms with Gasteiger partial charge in [-0.25, -0.2) is 4.90 Å². The van der Waals surface area contributed by atoms with Gasteiger partial charge in [0.05, 0.1) is 17.4 Å². The summed E-state index contributed by atoms with van der Waals surface area (Å²) in [5.41, 5.74) is 4.98. The Hall–Kier alpha value is -2.66. The Bertz CT molecular complexity index is 896. The van der Waals surface area contributed by atoms with Gasteiger partial charge in [-0.05, 0) is 63.8 Å². The summed E-state index contributed by atoms with van der Waals surface area (Å²) >= 11 is 0. The van der Waals surface area contributed by atoms with Crippen LogP contribution in [0.4, 0.5) is 5.69 Å². The van der Waals surface area contributed by atoms with E-state index in [2.05, 4.69) is 32.7 Å². The smallest absolute Gasteiger partial charge is 0.265 e. The van der Waals surface area contributed by atoms with Crippen LogP contribution in [0, 0.1) is 19.8 Å². The highest BCUT2D eigenvalue weighted by Gasteiger charge is 2.31. The molecular weight excluding hydrogens is 376 g/mol. The average Bonchev–Trinajstić information content (AvgIpc) is 3.17. The maximum atomic E-state index is 12.3. The molecule has 5 heteroatoms. The lowest BCUT2D eigenvalue weighted by Crippen LogP contribution is -2.24. The third kappa shape index (κ3) is 5.92. The number of H-pyrrole nitrogens is 1. The fourth-order valence-electron chi connectivity index (χ4n) is 3.26. The van der Waals surface area contributed by atoms with Crippen molar-refractivity contribution in [1.29, 1.82) is 0 Å². The van der Waals surface area contributed by atoms with E-state index in [9.17, 15) is 9.59 Å². The SMILES string of the molecule is CCC(C)CCOC(C)C.Cc1cc(C)c(/C=C2\C(=O)N(C=O)c3ccccc32)[nH]1. The Morgan fingerprint density at radius 3 is 2.43 bits per heavy atom. The number of fused-ring (bicyclic) bond motifs is 1. The van der Waals surface area contributed by atoms with Crippen LogP contribution in [0.15, 0.2) is 30.3 Å². The minimum atomic E-state index is -0.284. The van der Waals surface area contributed by atoms with Crippen LogP contribution in [0.3, 0.4) is 0 Å². The van der Waals surface area contributed by atoms with Crippen molar-refractivity contribution in [2.24, 2.45) is 5.92 Å². The third-order valence-corrected chi connectivity index (χ3v) is 5.25. The highest BCUT2D eigenvalue weighted by Crippen LogP contribution is 2.36. The van der Waals surface area contributed by atoms with Crippen LogP contribution in [-0.2, 0) is 14.3 Å². The molecule has 3 rings (SSSR count). The molecule has 1 aromatic carbocycles. The zero-order valence-corrected chi connectivity index (χ0v) is 19.0. The second kappa shape index (κ2) is 10.9. The summed E-state index contributed by atoms with van der Waals surface area (Å²) in [6.45, 7) is 13.5. The number of aromatic nitrogens is 1. The van der Waals surface area contributed by atoms with Gasteiger partial charge in [-0.1, -0.05) is 38.5 Å². The summed E-state index contributed by atoms with van der Waals surface area (Å²) in [7, 11) is 0. The quantitative estimate of drug-likeness (QED) is 0.483. The Labute approximate surface area is 180 Å². The molecule has 2 heterocycles. The number of hydrogen-bond donors (Lipinski definition) is 1. The van der Waals surface area contributed by atoms with E-state index in [-0.39, 0.29) is 5.91 Å². The Morgan fingerprint density at radius 1 is 1.17 bits per heavy atom. The minimum absolute atomic E-state index is 0.284. The minimum Gasteiger partial charge on any atom is -0.379 e. The number of aryl methyl sites for hydroxylation is 2. The van der Waals surface area contributed by atoms with Crippen molar-refractivity contribution >= 4 is 29.7 Å². The molecule has 2 aromatic rings. The average molecular weight is 411 g/mol. The number of carbonyl (C=O) groups excluding carboxylic acids is 2. The number of nitrogens with one attached hydrogen (secondary N) is 1. The number of imide groups is 1. The number of ether oxygens (including phenoxy) is 1. The van der Waals surface area contributed by atoms with Crippen LogP contribution in [0.5, 0.6) is 0 Å². The van der Waals surface area contributed by atoms with Gasteiger partial charge in [0, 0.05) is 23.6 Å². The van der Waals surface area contributed by atoms with Gasteiger partial charge in [0.1, 0.15) is 0 Å². The Kier molecular flexibility index (Phi) is 8.60. The third-order valence-electron chi connectivity index (χ3n) is 5.25. The molecule has 1 atom stereocenters. The number of para-hydroxylation sites is 1. The predicted octanol–water partition coefficient (Wildman–Crippen LogP) is 5.52. The molecule has 1 aliphatic rings. The highest BCUT2D eigenvalue weighted by atomic mass is 16.5. The Morgan fingerprint density at radius 2 is 1.87 bits per heavy atom. The molecule has 0 saturated carbocycles. The predicted molar refractivity (Wildman–Crippen MR) is 123 cm³/mol. The van der Waals surface area contributed by atoms with Crippen LogP contribution in [0.1, 0.15) is 63.1 Å². The van der Waals surface area contributed by atoms with Crippen molar-refractivity contribution in [3.8, 4) is 0 Å². The molecule has 1 aliphatic heterocycles. The fraction of sp³-hybridized carbons (Fsp3) is 0.440. The molecule has 1 N–H and O–H groups in total. The second-order valence-corrected chi connectivity index (χ2v) is 8.13. The van der Waals surface area contributed by atoms with Crippen molar-refractivity contribution in [2.45, 2.75) is 60.5 Å². The molecule has 162 valence electrons. The van der Waals surface area contributed by atoms with Crippen LogP contribution >= 0.6 is 0 Å². The largest absolute Gasteiger partial charge is 0.379 e. The van der Waals surface area contributed by atoms with Crippen molar-refractivity contribution < 1.29 is 14.3 Å². The topological polar surface area (TPSA) is 62.4 Å². The summed E-state index contributed by atoms with van der Waals surface area (Å²) in [6.07, 6.45) is 5.24. The van der Waals surface area contributed by atoms with E-state index in [1.54, 1.807) is 6.07 Å². The molecule has 2 amide bonds. The number of hydrogen-bond acceptors (Lipinski definition) is 3. The van der Waals surface area contributed by atoms with Gasteiger partial charge >= 0.3 is 0 Å². The van der Waals surface area contributed by atoms with E-state index in [4.69, 9.17) is 4.74 Å². The van der Waals surface area contributed by atoms with Crippen LogP contribution in [-0.4, -0.2) is 30.0 Å². The summed E-state index contributed by atoms with van der Waals surface area (Å²) in [5.74, 6) is 0.534. The van der Waals surface area contributed by atoms with E-state index >= 15 is 0 Å². The number of anilines is 1. The van der Waals surface area contributed by atoms with E-state index in [0.29, 0.717) is 23.8 Å². The molecule has 0 fully saturated rings. The molecule has 1 unspecified atom stereocenters. The molecule has 1 aromatic heterocycles. The van der Waals surface area contributed by atoms with Crippen molar-refractivity contribution in [3.63, 3.8) is 0 Å². The molecule has 0 radical (unpaired) electrons. The normalized spacial score (nSPS) is 15.2. The monoisotopic (exact) mass is 410 g/mol. The maximum absolute atomic E-state index is 12.3. The van der Waals surface area contributed by atoms with Gasteiger partial charge < -0.3 is 9.72 Å². The van der Waals surface area contributed by atoms with Crippen LogP contribution in [0.2, 0.25) is 0 Å². The summed E-state index contributed by atoms with van der Waals surface area (Å²) in [4.78, 5) is 27.8. The van der Waals surface area contributed by atoms with Crippen molar-refractivity contribution in [3.05, 3.63) is 52.8 Å². The van der Waals surface area contributed by atoms with Crippen LogP contribution < -0.4 is 4.90 Å². The number of rotatable bonds is 7. The van der Waals surface area contributed by atoms with Crippen molar-refractivity contribution in [2.75, 3.05) is 11.5 Å². The van der Waals surface area contributed by atoms with Gasteiger partial charge in [0.15, 0.2) is 0 Å². The number of nitrogens with zero attached hydrogens (tertiary/aromatic N) is 1. The summed E-state index contributed by atoms with van der Waals surface area (Å²) in [5, 5.41) is 0. The van der Waals surface area contributed by atoms with Gasteiger partial charge in [-0.3, -0.25) is 9.59 Å². The maximum Gasteiger partial charge on any atom is 0.265 e. The van der Waals surface area contributed by atoms with Crippen LogP contribution in [0.25, 0.3) is 11.6 Å². The number of benzene rings is 1. The van der Waals surface area contributed by atoms with Gasteiger partial charge in [-0.2, -0.15) is 0 Å². The van der Waals surface area contributed by atoms with Gasteiger partial charge in [-0.15, -0.1) is 0 Å². The molecule has 0 bridgehead atoms. The fourth-order valence-corrected chi connectivity index (χ4v) is 3.26. The van der Waals surface area contributed by atoms with E-state index in [1.165, 1.54) is 12.8 Å². The lowest BCUT2D eigenvalue weighted by Gasteiger charge is -2.10. The summed E-state index contributed by atoms with van der Waals surface area (Å²) in [6, 6.07) is 9.33. The lowest BCUT2D eigenvalue weighted by atomic mass is 10.1. The molecule has 0 aliphatic carbocycles. The second-order valence-electron chi connectivity index (χ2n) is 8.13. The van der Waals surface area contributed by atoms with E-state index in [0.717, 1.165) is 39.9 Å². The van der Waals surface area contributed by atoms with Crippen molar-refractivity contribution in [1.82, 2.24) is 4.98 Å². The first-order valence-electron chi connectivity index (χ1n) is 10.7. The molecule has 30 heavy (non-hydrogen) atoms. The van der Waals surface area contributed by atoms with Gasteiger partial charge in [0.25, 0.3) is 5.91 Å². The number of carbonyl (C=O) groups is 2. The first kappa shape index (κ1) is 23.6. The standard InChI is InChI=1S/C16H14N2O2.C9H20O/c1-10-7-11(2)17-14(10)8-13-12-5-3-4-6-15(12)18(9-19)16(13)20;1-5-9(4)6-7-10-8(2)3/h3-9,17H,1-2H3;8-9H,5-7H2,1-4H3/b13-8-;. The van der Waals surface area contributed by atoms with E-state index < -0.39 is 0 Å². The molecule has 0 saturated heterocycles. The zero-order valence-electron chi connectivity index (χ0n) is 19.0. The Balaban J connectivity index is 0.000000274. The van der Waals surface area contributed by atoms with E-state index in [1.807, 2.05) is 44.2 Å². The lowest BCUT2D eigenvalue weighted by molar-refractivity contribution is -0.117. The highest BCUT2D eigenvalue weighted by molar-refractivity contribution is 6.40. The molecular formula is C25H34N2O3. The zero-order chi connectivity index (χ0) is 22.3. The van der Waals surface area contributed by atoms with Gasteiger partial charge in [0.2, 0.25) is 6.41 Å². The molecule has 5 nitrogen and oxygen atoms in total. The first-order valence-corrected chi connectivity index (χ1v) is 10.7. The number of amides is 2. The summed E-state index contributed by atoms with van der Waals surface area (Å²) < 4.78 is 5.41. The molecule has 0 spiro atoms. The first-order chi connectivity index (χ1) is 14.3.